The van der Waals surface area contributed by atoms with Gasteiger partial charge >= 0.3 is 5.69 Å². The van der Waals surface area contributed by atoms with Crippen LogP contribution in [0.15, 0.2) is 46.2 Å². The Morgan fingerprint density at radius 1 is 1.08 bits per heavy atom. The second kappa shape index (κ2) is 11.3. The van der Waals surface area contributed by atoms with Gasteiger partial charge in [-0.3, -0.25) is 29.3 Å². The van der Waals surface area contributed by atoms with Gasteiger partial charge < -0.3 is 9.47 Å². The summed E-state index contributed by atoms with van der Waals surface area (Å²) in [4.78, 5) is 37.5. The monoisotopic (exact) mass is 575 g/mol. The molecule has 1 saturated heterocycles. The van der Waals surface area contributed by atoms with Crippen molar-refractivity contribution in [2.45, 2.75) is 43.9 Å². The van der Waals surface area contributed by atoms with Gasteiger partial charge in [-0.25, -0.2) is 8.42 Å². The molecule has 2 amide bonds. The number of nitro groups is 1. The minimum atomic E-state index is -4.38. The molecule has 1 N–H and O–H groups in total. The molecule has 2 aromatic rings. The zero-order valence-electron chi connectivity index (χ0n) is 21.8. The second-order valence-corrected chi connectivity index (χ2v) is 12.4. The number of rotatable bonds is 9. The first-order valence-electron chi connectivity index (χ1n) is 12.3. The van der Waals surface area contributed by atoms with Gasteiger partial charge in [0.1, 0.15) is 0 Å². The van der Waals surface area contributed by atoms with Crippen LogP contribution in [0.25, 0.3) is 6.08 Å². The highest BCUT2D eigenvalue weighted by atomic mass is 32.2. The number of hydrogen-bond donors (Lipinski definition) is 1. The summed E-state index contributed by atoms with van der Waals surface area (Å²) >= 11 is 0.887. The molecule has 13 heteroatoms. The van der Waals surface area contributed by atoms with E-state index < -0.39 is 25.5 Å². The summed E-state index contributed by atoms with van der Waals surface area (Å²) < 4.78 is 38.5. The Hall–Kier alpha value is -3.58. The third-order valence-corrected chi connectivity index (χ3v) is 9.21. The van der Waals surface area contributed by atoms with E-state index >= 15 is 0 Å². The molecular formula is C26H29N3O8S2. The summed E-state index contributed by atoms with van der Waals surface area (Å²) in [7, 11) is -1.91. The molecule has 1 heterocycles. The second-order valence-electron chi connectivity index (χ2n) is 9.77. The molecule has 0 aromatic heterocycles. The summed E-state index contributed by atoms with van der Waals surface area (Å²) in [5.41, 5.74) is -0.0840. The van der Waals surface area contributed by atoms with Gasteiger partial charge in [0.25, 0.3) is 21.2 Å². The SMILES string of the molecule is COc1ccc(S(=O)(=O)Nc2ccc(/C=C3\SC(=O)N(CC4(C)CCCCC4)C3=O)cc2)c([N+](=O)[O-])c1OC. The van der Waals surface area contributed by atoms with E-state index in [-0.39, 0.29) is 33.7 Å². The molecule has 1 aliphatic heterocycles. The number of imide groups is 1. The maximum absolute atomic E-state index is 13.0. The lowest BCUT2D eigenvalue weighted by Gasteiger charge is -2.35. The number of thioether (sulfide) groups is 1. The molecule has 2 fully saturated rings. The van der Waals surface area contributed by atoms with Crippen LogP contribution in [0.1, 0.15) is 44.6 Å². The van der Waals surface area contributed by atoms with Crippen LogP contribution in [0.5, 0.6) is 11.5 Å². The van der Waals surface area contributed by atoms with Crippen LogP contribution in [0.3, 0.4) is 0 Å². The number of ether oxygens (including phenoxy) is 2. The van der Waals surface area contributed by atoms with Crippen molar-refractivity contribution in [3.63, 3.8) is 0 Å². The van der Waals surface area contributed by atoms with E-state index in [1.54, 1.807) is 18.2 Å². The predicted molar refractivity (Wildman–Crippen MR) is 147 cm³/mol. The van der Waals surface area contributed by atoms with Gasteiger partial charge in [-0.05, 0) is 65.9 Å². The fraction of sp³-hybridized carbons (Fsp3) is 0.385. The predicted octanol–water partition coefficient (Wildman–Crippen LogP) is 5.42. The summed E-state index contributed by atoms with van der Waals surface area (Å²) in [6.07, 6.45) is 6.92. The van der Waals surface area contributed by atoms with Gasteiger partial charge in [-0.15, -0.1) is 0 Å². The third-order valence-electron chi connectivity index (χ3n) is 6.89. The van der Waals surface area contributed by atoms with E-state index in [1.807, 2.05) is 0 Å². The largest absolute Gasteiger partial charge is 0.493 e. The number of nitrogens with zero attached hydrogens (tertiary/aromatic N) is 2. The fourth-order valence-corrected chi connectivity index (χ4v) is 6.94. The molecule has 0 radical (unpaired) electrons. The molecule has 1 aliphatic carbocycles. The van der Waals surface area contributed by atoms with Crippen LogP contribution in [0, 0.1) is 15.5 Å². The summed E-state index contributed by atoms with van der Waals surface area (Å²) in [6, 6.07) is 8.42. The molecule has 0 unspecified atom stereocenters. The van der Waals surface area contributed by atoms with Crippen molar-refractivity contribution in [2.24, 2.45) is 5.41 Å². The lowest BCUT2D eigenvalue weighted by atomic mass is 9.75. The zero-order chi connectivity index (χ0) is 28.4. The summed E-state index contributed by atoms with van der Waals surface area (Å²) in [5.74, 6) is -0.626. The number of amides is 2. The van der Waals surface area contributed by atoms with Crippen molar-refractivity contribution >= 4 is 50.4 Å². The van der Waals surface area contributed by atoms with Crippen LogP contribution < -0.4 is 14.2 Å². The van der Waals surface area contributed by atoms with Crippen molar-refractivity contribution in [3.8, 4) is 11.5 Å². The van der Waals surface area contributed by atoms with Crippen LogP contribution in [-0.2, 0) is 14.8 Å². The number of methoxy groups -OCH3 is 2. The van der Waals surface area contributed by atoms with Crippen LogP contribution >= 0.6 is 11.8 Å². The van der Waals surface area contributed by atoms with Crippen molar-refractivity contribution < 1.29 is 32.4 Å². The molecule has 208 valence electrons. The number of benzene rings is 2. The maximum atomic E-state index is 13.0. The summed E-state index contributed by atoms with van der Waals surface area (Å²) in [5, 5.41) is 11.4. The van der Waals surface area contributed by atoms with Gasteiger partial charge in [-0.1, -0.05) is 38.3 Å². The molecule has 0 atom stereocenters. The van der Waals surface area contributed by atoms with Crippen molar-refractivity contribution in [3.05, 3.63) is 57.0 Å². The first-order chi connectivity index (χ1) is 18.5. The lowest BCUT2D eigenvalue weighted by Crippen LogP contribution is -2.39. The number of hydrogen-bond acceptors (Lipinski definition) is 9. The Kier molecular flexibility index (Phi) is 8.21. The molecule has 0 spiro atoms. The van der Waals surface area contributed by atoms with E-state index in [0.29, 0.717) is 17.0 Å². The van der Waals surface area contributed by atoms with Crippen LogP contribution in [0.2, 0.25) is 0 Å². The average molecular weight is 576 g/mol. The highest BCUT2D eigenvalue weighted by Crippen LogP contribution is 2.42. The topological polar surface area (TPSA) is 145 Å². The number of nitrogens with one attached hydrogen (secondary N) is 1. The van der Waals surface area contributed by atoms with Crippen molar-refractivity contribution in [1.82, 2.24) is 4.90 Å². The number of nitro benzene ring substituents is 1. The summed E-state index contributed by atoms with van der Waals surface area (Å²) in [6.45, 7) is 2.52. The van der Waals surface area contributed by atoms with Crippen molar-refractivity contribution in [2.75, 3.05) is 25.5 Å². The van der Waals surface area contributed by atoms with E-state index in [9.17, 15) is 28.1 Å². The minimum Gasteiger partial charge on any atom is -0.493 e. The van der Waals surface area contributed by atoms with Gasteiger partial charge in [0.05, 0.1) is 24.0 Å². The molecule has 0 bridgehead atoms. The molecule has 1 saturated carbocycles. The Morgan fingerprint density at radius 3 is 2.33 bits per heavy atom. The van der Waals surface area contributed by atoms with Gasteiger partial charge in [0, 0.05) is 12.2 Å². The Labute approximate surface area is 230 Å². The Morgan fingerprint density at radius 2 is 1.74 bits per heavy atom. The molecule has 11 nitrogen and oxygen atoms in total. The smallest absolute Gasteiger partial charge is 0.335 e. The fourth-order valence-electron chi connectivity index (χ4n) is 4.87. The molecular weight excluding hydrogens is 546 g/mol. The van der Waals surface area contributed by atoms with Gasteiger partial charge in [-0.2, -0.15) is 0 Å². The Balaban J connectivity index is 1.52. The van der Waals surface area contributed by atoms with Gasteiger partial charge in [0.15, 0.2) is 10.6 Å². The normalized spacial score (nSPS) is 18.3. The molecule has 39 heavy (non-hydrogen) atoms. The van der Waals surface area contributed by atoms with E-state index in [4.69, 9.17) is 9.47 Å². The molecule has 4 rings (SSSR count). The third kappa shape index (κ3) is 6.04. The first kappa shape index (κ1) is 28.4. The van der Waals surface area contributed by atoms with E-state index in [2.05, 4.69) is 11.6 Å². The van der Waals surface area contributed by atoms with E-state index in [1.165, 1.54) is 43.7 Å². The lowest BCUT2D eigenvalue weighted by molar-refractivity contribution is -0.388. The molecule has 2 aromatic carbocycles. The maximum Gasteiger partial charge on any atom is 0.335 e. The van der Waals surface area contributed by atoms with E-state index in [0.717, 1.165) is 43.5 Å². The quantitative estimate of drug-likeness (QED) is 0.235. The number of carbonyl (C=O) groups excluding carboxylic acids is 2. The highest BCUT2D eigenvalue weighted by Gasteiger charge is 2.40. The molecule has 2 aliphatic rings. The van der Waals surface area contributed by atoms with Crippen molar-refractivity contribution in [1.29, 1.82) is 0 Å². The standard InChI is InChI=1S/C26H29N3O8S2/c1-26(13-5-4-6-14-26)16-28-24(30)20(38-25(28)31)15-17-7-9-18(10-8-17)27-39(34,35)21-12-11-19(36-2)23(37-3)22(21)29(32)33/h7-12,15,27H,4-6,13-14,16H2,1-3H3/b20-15-. The first-order valence-corrected chi connectivity index (χ1v) is 14.6. The average Bonchev–Trinajstić information content (AvgIpc) is 3.15. The van der Waals surface area contributed by atoms with Crippen LogP contribution in [-0.4, -0.2) is 50.2 Å². The number of sulfonamides is 1. The van der Waals surface area contributed by atoms with Crippen LogP contribution in [0.4, 0.5) is 16.2 Å². The number of carbonyl (C=O) groups is 2. The Bertz CT molecular complexity index is 1430. The highest BCUT2D eigenvalue weighted by molar-refractivity contribution is 8.18. The van der Waals surface area contributed by atoms with Gasteiger partial charge in [0.2, 0.25) is 5.75 Å². The minimum absolute atomic E-state index is 0.0183. The number of anilines is 1. The zero-order valence-corrected chi connectivity index (χ0v) is 23.4.